The summed E-state index contributed by atoms with van der Waals surface area (Å²) >= 11 is 0. The number of hydrazine groups is 1. The van der Waals surface area contributed by atoms with Gasteiger partial charge >= 0.3 is 0 Å². The summed E-state index contributed by atoms with van der Waals surface area (Å²) in [6.07, 6.45) is 3.56. The molecule has 61 heavy (non-hydrogen) atoms. The van der Waals surface area contributed by atoms with Crippen molar-refractivity contribution in [2.45, 2.75) is 58.2 Å². The summed E-state index contributed by atoms with van der Waals surface area (Å²) in [5.41, 5.74) is 9.70. The number of aryl methyl sites for hydroxylation is 1. The summed E-state index contributed by atoms with van der Waals surface area (Å²) < 4.78 is 36.4. The van der Waals surface area contributed by atoms with Gasteiger partial charge in [0, 0.05) is 66.7 Å². The molecule has 0 atom stereocenters. The van der Waals surface area contributed by atoms with Crippen molar-refractivity contribution >= 4 is 58.5 Å². The number of hydrogen-bond acceptors (Lipinski definition) is 9. The Labute approximate surface area is 368 Å². The average Bonchev–Trinajstić information content (AvgIpc) is 3.27. The largest absolute Gasteiger partial charge is 0.494 e. The van der Waals surface area contributed by atoms with Crippen molar-refractivity contribution in [1.82, 2.24) is 29.8 Å². The van der Waals surface area contributed by atoms with E-state index in [2.05, 4.69) is 45.4 Å². The molecule has 9 nitrogen and oxygen atoms in total. The van der Waals surface area contributed by atoms with Crippen LogP contribution in [0.1, 0.15) is 43.7 Å². The summed E-state index contributed by atoms with van der Waals surface area (Å²) in [4.78, 5) is 24.7. The lowest BCUT2D eigenvalue weighted by Crippen LogP contribution is -2.55. The first-order valence-electron chi connectivity index (χ1n) is 20.7. The molecule has 0 spiro atoms. The predicted molar refractivity (Wildman–Crippen MR) is 246 cm³/mol. The summed E-state index contributed by atoms with van der Waals surface area (Å²) in [6.45, 7) is 8.90. The summed E-state index contributed by atoms with van der Waals surface area (Å²) in [5, 5.41) is 4.00. The van der Waals surface area contributed by atoms with Gasteiger partial charge in [-0.1, -0.05) is 72.8 Å². The molecule has 0 radical (unpaired) electrons. The highest BCUT2D eigenvalue weighted by molar-refractivity contribution is 5.94. The van der Waals surface area contributed by atoms with E-state index >= 15 is 8.78 Å². The number of piperidine rings is 2. The van der Waals surface area contributed by atoms with Crippen molar-refractivity contribution in [2.24, 2.45) is 0 Å². The SMILES string of the molecule is CCOc1cc(CN2CCC(N(Nc3nc(-c4ccccc4F)c4ccccc4n3)C3CCN(c4nc(-c5ccccc5F)c5ccccc5n4)CC3)CC2)ccc1C.Cl.Cl. The number of fused-ring (bicyclic) bond motifs is 2. The van der Waals surface area contributed by atoms with Gasteiger partial charge in [0.2, 0.25) is 11.9 Å². The van der Waals surface area contributed by atoms with E-state index in [9.17, 15) is 0 Å². The minimum atomic E-state index is -0.324. The van der Waals surface area contributed by atoms with Crippen LogP contribution in [0.2, 0.25) is 0 Å². The van der Waals surface area contributed by atoms with Crippen LogP contribution in [0.5, 0.6) is 5.75 Å². The first-order chi connectivity index (χ1) is 28.9. The van der Waals surface area contributed by atoms with Gasteiger partial charge in [-0.15, -0.1) is 24.8 Å². The molecule has 2 aromatic heterocycles. The topological polar surface area (TPSA) is 82.5 Å². The molecule has 316 valence electrons. The number of likely N-dealkylation sites (tertiary alicyclic amines) is 1. The maximum atomic E-state index is 15.3. The molecule has 2 aliphatic rings. The standard InChI is InChI=1S/C48H48F2N8O.2ClH/c1-3-59-44-30-33(21-20-32(44)2)31-56-26-22-34(23-27-56)58(55-47-51-42-18-10-6-14-38(42)45(53-47)36-12-4-8-16-40(36)49)35-24-28-57(29-25-35)48-52-43-19-11-7-15-39(43)46(54-48)37-13-5-9-17-41(37)50;;/h4-21,30,34-35H,3,22-29,31H2,1-2H3,(H,51,53,55);2*1H. The Hall–Kier alpha value is -5.46. The second-order valence-corrected chi connectivity index (χ2v) is 15.5. The monoisotopic (exact) mass is 862 g/mol. The Balaban J connectivity index is 0.00000281. The summed E-state index contributed by atoms with van der Waals surface area (Å²) in [7, 11) is 0. The third-order valence-electron chi connectivity index (χ3n) is 11.7. The zero-order chi connectivity index (χ0) is 40.3. The fraction of sp³-hybridized carbons (Fsp3) is 0.292. The van der Waals surface area contributed by atoms with Crippen molar-refractivity contribution in [2.75, 3.05) is 43.1 Å². The highest BCUT2D eigenvalue weighted by atomic mass is 35.5. The molecule has 9 rings (SSSR count). The van der Waals surface area contributed by atoms with E-state index < -0.39 is 0 Å². The van der Waals surface area contributed by atoms with E-state index in [-0.39, 0.29) is 48.5 Å². The molecule has 5 aromatic carbocycles. The van der Waals surface area contributed by atoms with Crippen LogP contribution in [0, 0.1) is 18.6 Å². The smallest absolute Gasteiger partial charge is 0.238 e. The second-order valence-electron chi connectivity index (χ2n) is 15.5. The number of nitrogens with zero attached hydrogens (tertiary/aromatic N) is 7. The number of anilines is 2. The number of halogens is 4. The predicted octanol–water partition coefficient (Wildman–Crippen LogP) is 10.7. The first-order valence-corrected chi connectivity index (χ1v) is 20.7. The molecule has 1 N–H and O–H groups in total. The Bertz CT molecular complexity index is 2600. The lowest BCUT2D eigenvalue weighted by molar-refractivity contribution is 0.0808. The van der Waals surface area contributed by atoms with Crippen molar-refractivity contribution in [3.63, 3.8) is 0 Å². The minimum Gasteiger partial charge on any atom is -0.494 e. The highest BCUT2D eigenvalue weighted by Crippen LogP contribution is 2.34. The van der Waals surface area contributed by atoms with Gasteiger partial charge in [0.25, 0.3) is 0 Å². The molecule has 0 bridgehead atoms. The quantitative estimate of drug-likeness (QED) is 0.128. The normalized spacial score (nSPS) is 15.1. The number of benzene rings is 5. The zero-order valence-electron chi connectivity index (χ0n) is 34.3. The lowest BCUT2D eigenvalue weighted by atomic mass is 9.98. The fourth-order valence-corrected chi connectivity index (χ4v) is 8.66. The number of para-hydroxylation sites is 2. The van der Waals surface area contributed by atoms with Gasteiger partial charge in [-0.05, 0) is 93.1 Å². The molecule has 2 saturated heterocycles. The van der Waals surface area contributed by atoms with E-state index in [0.717, 1.165) is 78.4 Å². The van der Waals surface area contributed by atoms with Crippen LogP contribution in [0.4, 0.5) is 20.7 Å². The summed E-state index contributed by atoms with van der Waals surface area (Å²) in [6, 6.07) is 36.0. The molecule has 0 saturated carbocycles. The number of aromatic nitrogens is 4. The summed E-state index contributed by atoms with van der Waals surface area (Å²) in [5.74, 6) is 1.36. The van der Waals surface area contributed by atoms with Gasteiger partial charge in [-0.25, -0.2) is 33.7 Å². The van der Waals surface area contributed by atoms with Crippen molar-refractivity contribution in [3.8, 4) is 28.3 Å². The van der Waals surface area contributed by atoms with Crippen LogP contribution in [0.3, 0.4) is 0 Å². The van der Waals surface area contributed by atoms with Crippen LogP contribution in [0.25, 0.3) is 44.3 Å². The van der Waals surface area contributed by atoms with Crippen LogP contribution in [-0.4, -0.2) is 74.7 Å². The molecule has 0 unspecified atom stereocenters. The fourth-order valence-electron chi connectivity index (χ4n) is 8.66. The molecule has 4 heterocycles. The number of hydrogen-bond donors (Lipinski definition) is 1. The van der Waals surface area contributed by atoms with Gasteiger partial charge in [0.1, 0.15) is 17.4 Å². The third kappa shape index (κ3) is 9.40. The van der Waals surface area contributed by atoms with Crippen LogP contribution >= 0.6 is 24.8 Å². The maximum absolute atomic E-state index is 15.3. The van der Waals surface area contributed by atoms with Crippen LogP contribution in [0.15, 0.2) is 115 Å². The van der Waals surface area contributed by atoms with Gasteiger partial charge in [-0.2, -0.15) is 0 Å². The molecule has 7 aromatic rings. The van der Waals surface area contributed by atoms with Gasteiger partial charge in [-0.3, -0.25) is 10.3 Å². The highest BCUT2D eigenvalue weighted by Gasteiger charge is 2.34. The van der Waals surface area contributed by atoms with Gasteiger partial charge in [0.05, 0.1) is 29.0 Å². The van der Waals surface area contributed by atoms with E-state index in [0.29, 0.717) is 54.1 Å². The van der Waals surface area contributed by atoms with Crippen molar-refractivity contribution < 1.29 is 13.5 Å². The molecule has 2 aliphatic heterocycles. The number of nitrogens with one attached hydrogen (secondary N) is 1. The van der Waals surface area contributed by atoms with E-state index in [1.807, 2.05) is 67.6 Å². The molecule has 0 amide bonds. The Morgan fingerprint density at radius 3 is 1.80 bits per heavy atom. The van der Waals surface area contributed by atoms with Gasteiger partial charge in [0.15, 0.2) is 0 Å². The third-order valence-corrected chi connectivity index (χ3v) is 11.7. The number of rotatable bonds is 11. The first kappa shape index (κ1) is 43.6. The molecule has 13 heteroatoms. The maximum Gasteiger partial charge on any atom is 0.238 e. The van der Waals surface area contributed by atoms with E-state index in [1.165, 1.54) is 17.7 Å². The number of ether oxygens (including phenoxy) is 1. The molecular formula is C48H50Cl2F2N8O. The molecular weight excluding hydrogens is 813 g/mol. The Morgan fingerprint density at radius 2 is 1.20 bits per heavy atom. The Kier molecular flexibility index (Phi) is 13.9. The molecule has 2 fully saturated rings. The van der Waals surface area contributed by atoms with Crippen LogP contribution < -0.4 is 15.1 Å². The Morgan fingerprint density at radius 1 is 0.656 bits per heavy atom. The second kappa shape index (κ2) is 19.5. The van der Waals surface area contributed by atoms with Gasteiger partial charge < -0.3 is 9.64 Å². The van der Waals surface area contributed by atoms with E-state index in [1.54, 1.807) is 24.3 Å². The molecule has 0 aliphatic carbocycles. The van der Waals surface area contributed by atoms with Crippen molar-refractivity contribution in [1.29, 1.82) is 0 Å². The zero-order valence-corrected chi connectivity index (χ0v) is 35.9. The van der Waals surface area contributed by atoms with Crippen LogP contribution in [-0.2, 0) is 6.54 Å². The average molecular weight is 864 g/mol. The van der Waals surface area contributed by atoms with E-state index in [4.69, 9.17) is 24.7 Å². The minimum absolute atomic E-state index is 0. The van der Waals surface area contributed by atoms with Crippen molar-refractivity contribution in [3.05, 3.63) is 138 Å². The lowest BCUT2D eigenvalue weighted by Gasteiger charge is -2.45.